The molecule has 0 saturated carbocycles. The summed E-state index contributed by atoms with van der Waals surface area (Å²) in [5.41, 5.74) is 0.275. The monoisotopic (exact) mass is 365 g/mol. The molecule has 21 heavy (non-hydrogen) atoms. The molecule has 0 saturated heterocycles. The van der Waals surface area contributed by atoms with Crippen molar-refractivity contribution < 1.29 is 9.84 Å². The quantitative estimate of drug-likeness (QED) is 0.835. The second-order valence-corrected chi connectivity index (χ2v) is 6.86. The molecular weight excluding hydrogens is 354 g/mol. The number of hydrogen-bond acceptors (Lipinski definition) is 6. The Morgan fingerprint density at radius 2 is 2.00 bits per heavy atom. The fraction of sp³-hybridized carbons (Fsp3) is 0.214. The molecule has 0 aliphatic carbocycles. The van der Waals surface area contributed by atoms with Gasteiger partial charge in [-0.1, -0.05) is 15.9 Å². The highest BCUT2D eigenvalue weighted by molar-refractivity contribution is 9.10. The van der Waals surface area contributed by atoms with Crippen molar-refractivity contribution in [2.75, 3.05) is 0 Å². The molecule has 0 spiro atoms. The number of aliphatic imine (C=N–C) groups is 1. The lowest BCUT2D eigenvalue weighted by molar-refractivity contribution is 0.116. The SMILES string of the molecule is CC1(C)N=C(Sc2ccc(O)nn2)c2cc(Br)ccc2O1. The van der Waals surface area contributed by atoms with Crippen LogP contribution < -0.4 is 4.74 Å². The highest BCUT2D eigenvalue weighted by Gasteiger charge is 2.28. The van der Waals surface area contributed by atoms with Crippen molar-refractivity contribution >= 4 is 32.7 Å². The smallest absolute Gasteiger partial charge is 0.230 e. The first-order valence-corrected chi connectivity index (χ1v) is 7.83. The van der Waals surface area contributed by atoms with E-state index < -0.39 is 5.72 Å². The topological polar surface area (TPSA) is 67.6 Å². The summed E-state index contributed by atoms with van der Waals surface area (Å²) in [6.07, 6.45) is 0. The molecule has 0 bridgehead atoms. The minimum Gasteiger partial charge on any atom is -0.492 e. The number of hydrogen-bond donors (Lipinski definition) is 1. The van der Waals surface area contributed by atoms with E-state index in [4.69, 9.17) is 4.74 Å². The van der Waals surface area contributed by atoms with Crippen LogP contribution in [-0.4, -0.2) is 26.1 Å². The molecule has 2 heterocycles. The number of halogens is 1. The molecule has 1 aromatic heterocycles. The van der Waals surface area contributed by atoms with Gasteiger partial charge in [-0.15, -0.1) is 10.2 Å². The van der Waals surface area contributed by atoms with Gasteiger partial charge in [0.25, 0.3) is 0 Å². The molecular formula is C14H12BrN3O2S. The van der Waals surface area contributed by atoms with Crippen molar-refractivity contribution in [3.05, 3.63) is 40.4 Å². The summed E-state index contributed by atoms with van der Waals surface area (Å²) in [6, 6.07) is 9.02. The fourth-order valence-corrected chi connectivity index (χ4v) is 3.21. The number of nitrogens with zero attached hydrogens (tertiary/aromatic N) is 3. The Balaban J connectivity index is 2.01. The summed E-state index contributed by atoms with van der Waals surface area (Å²) in [6.45, 7) is 3.81. The van der Waals surface area contributed by atoms with Crippen molar-refractivity contribution in [1.29, 1.82) is 0 Å². The third-order valence-electron chi connectivity index (χ3n) is 2.73. The van der Waals surface area contributed by atoms with Crippen LogP contribution in [0.5, 0.6) is 11.6 Å². The molecule has 1 N–H and O–H groups in total. The average Bonchev–Trinajstić information content (AvgIpc) is 2.41. The fourth-order valence-electron chi connectivity index (χ4n) is 1.90. The van der Waals surface area contributed by atoms with E-state index in [0.717, 1.165) is 20.8 Å². The zero-order valence-electron chi connectivity index (χ0n) is 11.4. The minimum absolute atomic E-state index is 0.100. The Morgan fingerprint density at radius 3 is 2.71 bits per heavy atom. The summed E-state index contributed by atoms with van der Waals surface area (Å²) in [7, 11) is 0. The van der Waals surface area contributed by atoms with Crippen molar-refractivity contribution in [3.63, 3.8) is 0 Å². The predicted molar refractivity (Wildman–Crippen MR) is 84.9 cm³/mol. The lowest BCUT2D eigenvalue weighted by Gasteiger charge is -2.29. The second kappa shape index (κ2) is 5.31. The Kier molecular flexibility index (Phi) is 3.62. The Hall–Kier alpha value is -1.60. The van der Waals surface area contributed by atoms with Gasteiger partial charge >= 0.3 is 0 Å². The lowest BCUT2D eigenvalue weighted by Crippen LogP contribution is -2.31. The van der Waals surface area contributed by atoms with Crippen LogP contribution in [0, 0.1) is 0 Å². The van der Waals surface area contributed by atoms with Gasteiger partial charge in [0.1, 0.15) is 15.8 Å². The second-order valence-electron chi connectivity index (χ2n) is 4.94. The van der Waals surface area contributed by atoms with Crippen LogP contribution in [0.3, 0.4) is 0 Å². The first-order valence-electron chi connectivity index (χ1n) is 6.22. The van der Waals surface area contributed by atoms with Gasteiger partial charge in [-0.2, -0.15) is 0 Å². The van der Waals surface area contributed by atoms with E-state index in [2.05, 4.69) is 31.1 Å². The highest BCUT2D eigenvalue weighted by atomic mass is 79.9. The van der Waals surface area contributed by atoms with Crippen molar-refractivity contribution in [2.24, 2.45) is 4.99 Å². The van der Waals surface area contributed by atoms with Gasteiger partial charge in [-0.05, 0) is 49.9 Å². The van der Waals surface area contributed by atoms with E-state index >= 15 is 0 Å². The maximum Gasteiger partial charge on any atom is 0.230 e. The Bertz CT molecular complexity index is 717. The number of aromatic nitrogens is 2. The van der Waals surface area contributed by atoms with Crippen LogP contribution in [0.25, 0.3) is 0 Å². The van der Waals surface area contributed by atoms with Crippen LogP contribution in [0.2, 0.25) is 0 Å². The molecule has 5 nitrogen and oxygen atoms in total. The van der Waals surface area contributed by atoms with E-state index in [9.17, 15) is 5.11 Å². The maximum atomic E-state index is 9.20. The molecule has 108 valence electrons. The standard InChI is InChI=1S/C14H12BrN3O2S/c1-14(2)16-13(21-12-6-5-11(19)17-18-12)9-7-8(15)3-4-10(9)20-14/h3-7H,1-2H3,(H,17,19). The van der Waals surface area contributed by atoms with Gasteiger partial charge in [-0.25, -0.2) is 4.99 Å². The van der Waals surface area contributed by atoms with Gasteiger partial charge in [0, 0.05) is 10.5 Å². The maximum absolute atomic E-state index is 9.20. The number of fused-ring (bicyclic) bond motifs is 1. The Labute approximate surface area is 134 Å². The van der Waals surface area contributed by atoms with Crippen molar-refractivity contribution in [1.82, 2.24) is 10.2 Å². The molecule has 0 radical (unpaired) electrons. The minimum atomic E-state index is -0.631. The molecule has 0 unspecified atom stereocenters. The molecule has 0 fully saturated rings. The largest absolute Gasteiger partial charge is 0.492 e. The lowest BCUT2D eigenvalue weighted by atomic mass is 10.1. The van der Waals surface area contributed by atoms with Gasteiger partial charge in [0.2, 0.25) is 5.88 Å². The summed E-state index contributed by atoms with van der Waals surface area (Å²) in [5.74, 6) is 0.684. The molecule has 3 rings (SSSR count). The van der Waals surface area contributed by atoms with Crippen molar-refractivity contribution in [3.8, 4) is 11.6 Å². The van der Waals surface area contributed by atoms with E-state index in [1.807, 2.05) is 32.0 Å². The summed E-state index contributed by atoms with van der Waals surface area (Å²) in [4.78, 5) is 4.62. The van der Waals surface area contributed by atoms with Gasteiger partial charge in [0.05, 0.1) is 5.56 Å². The molecule has 1 aliphatic rings. The van der Waals surface area contributed by atoms with Crippen LogP contribution in [0.4, 0.5) is 0 Å². The van der Waals surface area contributed by atoms with Crippen LogP contribution in [0.1, 0.15) is 19.4 Å². The molecule has 0 atom stereocenters. The van der Waals surface area contributed by atoms with E-state index in [-0.39, 0.29) is 5.88 Å². The molecule has 1 aromatic carbocycles. The average molecular weight is 366 g/mol. The van der Waals surface area contributed by atoms with Gasteiger partial charge < -0.3 is 9.84 Å². The number of benzene rings is 1. The van der Waals surface area contributed by atoms with E-state index in [1.165, 1.54) is 17.8 Å². The van der Waals surface area contributed by atoms with Crippen LogP contribution in [0.15, 0.2) is 44.8 Å². The predicted octanol–water partition coefficient (Wildman–Crippen LogP) is 3.61. The number of rotatable bonds is 1. The molecule has 0 amide bonds. The highest BCUT2D eigenvalue weighted by Crippen LogP contribution is 2.37. The molecule has 7 heteroatoms. The first kappa shape index (κ1) is 14.3. The van der Waals surface area contributed by atoms with Crippen LogP contribution >= 0.6 is 27.7 Å². The third kappa shape index (κ3) is 3.19. The normalized spacial score (nSPS) is 15.9. The van der Waals surface area contributed by atoms with E-state index in [1.54, 1.807) is 6.07 Å². The van der Waals surface area contributed by atoms with Crippen molar-refractivity contribution in [2.45, 2.75) is 24.6 Å². The van der Waals surface area contributed by atoms with Gasteiger partial charge in [0.15, 0.2) is 5.72 Å². The summed E-state index contributed by atoms with van der Waals surface area (Å²) >= 11 is 4.85. The van der Waals surface area contributed by atoms with Gasteiger partial charge in [-0.3, -0.25) is 0 Å². The van der Waals surface area contributed by atoms with Crippen LogP contribution in [-0.2, 0) is 0 Å². The zero-order valence-corrected chi connectivity index (χ0v) is 13.8. The third-order valence-corrected chi connectivity index (χ3v) is 4.15. The number of thioether (sulfide) groups is 1. The molecule has 2 aromatic rings. The summed E-state index contributed by atoms with van der Waals surface area (Å²) in [5, 5.41) is 18.3. The number of aromatic hydroxyl groups is 1. The molecule has 1 aliphatic heterocycles. The summed E-state index contributed by atoms with van der Waals surface area (Å²) < 4.78 is 6.82. The number of ether oxygens (including phenoxy) is 1. The van der Waals surface area contributed by atoms with E-state index in [0.29, 0.717) is 5.03 Å². The Morgan fingerprint density at radius 1 is 1.19 bits per heavy atom. The first-order chi connectivity index (χ1) is 9.93. The zero-order chi connectivity index (χ0) is 15.0.